The average molecular weight is 356 g/mol. The summed E-state index contributed by atoms with van der Waals surface area (Å²) in [6.07, 6.45) is 3.64. The number of halogens is 2. The molecule has 0 saturated heterocycles. The molecule has 4 rings (SSSR count). The van der Waals surface area contributed by atoms with Crippen LogP contribution in [0.25, 0.3) is 16.9 Å². The Morgan fingerprint density at radius 3 is 2.60 bits per heavy atom. The fraction of sp³-hybridized carbons (Fsp3) is 0.222. The highest BCUT2D eigenvalue weighted by Gasteiger charge is 2.25. The van der Waals surface area contributed by atoms with Crippen LogP contribution in [0.3, 0.4) is 0 Å². The number of fused-ring (bicyclic) bond motifs is 1. The Balaban J connectivity index is 2.03. The van der Waals surface area contributed by atoms with Crippen molar-refractivity contribution in [2.75, 3.05) is 6.54 Å². The number of hydrogen-bond acceptors (Lipinski definition) is 4. The van der Waals surface area contributed by atoms with Gasteiger partial charge in [-0.15, -0.1) is 0 Å². The number of hydrogen-bond donors (Lipinski definition) is 0. The average Bonchev–Trinajstić information content (AvgIpc) is 3.00. The van der Waals surface area contributed by atoms with Crippen molar-refractivity contribution in [2.45, 2.75) is 19.8 Å². The second kappa shape index (κ2) is 6.04. The Hall–Kier alpha value is -2.60. The lowest BCUT2D eigenvalue weighted by molar-refractivity contribution is 0.628. The zero-order valence-electron chi connectivity index (χ0n) is 13.7. The molecular formula is C18H15ClFN5. The van der Waals surface area contributed by atoms with E-state index in [0.717, 1.165) is 33.7 Å². The van der Waals surface area contributed by atoms with Crippen LogP contribution in [-0.4, -0.2) is 21.1 Å². The van der Waals surface area contributed by atoms with Crippen LogP contribution < -0.4 is 0 Å². The summed E-state index contributed by atoms with van der Waals surface area (Å²) in [6, 6.07) is 6.30. The summed E-state index contributed by atoms with van der Waals surface area (Å²) in [6.45, 7) is 4.40. The van der Waals surface area contributed by atoms with E-state index in [2.05, 4.69) is 15.3 Å². The second-order valence-electron chi connectivity index (χ2n) is 6.02. The summed E-state index contributed by atoms with van der Waals surface area (Å²) < 4.78 is 15.1. The molecule has 3 aromatic rings. The first kappa shape index (κ1) is 15.9. The molecule has 0 aliphatic carbocycles. The Morgan fingerprint density at radius 2 is 1.92 bits per heavy atom. The standard InChI is InChI=1S/C18H15ClFN5/c1-10-11(2)18-23-15(12-3-5-14(20)6-4-12)16(25(18)24-17(10)19)13-7-8-21-22-9-13/h3-8,13H,9H2,1-2H3. The molecule has 5 nitrogen and oxygen atoms in total. The molecule has 1 aliphatic rings. The Kier molecular flexibility index (Phi) is 3.84. The minimum Gasteiger partial charge on any atom is -0.226 e. The number of aryl methyl sites for hydroxylation is 1. The summed E-state index contributed by atoms with van der Waals surface area (Å²) >= 11 is 6.31. The van der Waals surface area contributed by atoms with E-state index in [-0.39, 0.29) is 11.7 Å². The Bertz CT molecular complexity index is 1020. The first-order chi connectivity index (χ1) is 12.1. The van der Waals surface area contributed by atoms with Gasteiger partial charge in [-0.1, -0.05) is 17.7 Å². The van der Waals surface area contributed by atoms with Gasteiger partial charge in [-0.2, -0.15) is 15.3 Å². The molecule has 1 aromatic carbocycles. The van der Waals surface area contributed by atoms with Crippen molar-refractivity contribution in [1.82, 2.24) is 14.6 Å². The van der Waals surface area contributed by atoms with Crippen molar-refractivity contribution in [3.8, 4) is 11.3 Å². The third-order valence-electron chi connectivity index (χ3n) is 4.50. The normalized spacial score (nSPS) is 16.7. The molecular weight excluding hydrogens is 341 g/mol. The summed E-state index contributed by atoms with van der Waals surface area (Å²) in [5.74, 6) is -0.313. The highest BCUT2D eigenvalue weighted by molar-refractivity contribution is 6.30. The molecule has 25 heavy (non-hydrogen) atoms. The molecule has 0 spiro atoms. The molecule has 0 radical (unpaired) electrons. The third kappa shape index (κ3) is 2.62. The van der Waals surface area contributed by atoms with E-state index in [0.29, 0.717) is 11.7 Å². The van der Waals surface area contributed by atoms with Gasteiger partial charge >= 0.3 is 0 Å². The quantitative estimate of drug-likeness (QED) is 0.658. The van der Waals surface area contributed by atoms with Crippen LogP contribution in [0.15, 0.2) is 46.8 Å². The van der Waals surface area contributed by atoms with Gasteiger partial charge in [-0.25, -0.2) is 13.9 Å². The molecule has 1 aliphatic heterocycles. The van der Waals surface area contributed by atoms with E-state index in [4.69, 9.17) is 16.6 Å². The van der Waals surface area contributed by atoms with E-state index in [1.54, 1.807) is 22.8 Å². The van der Waals surface area contributed by atoms with E-state index >= 15 is 0 Å². The molecule has 0 N–H and O–H groups in total. The number of aromatic nitrogens is 3. The minimum absolute atomic E-state index is 0.0294. The van der Waals surface area contributed by atoms with Gasteiger partial charge in [0.15, 0.2) is 10.8 Å². The van der Waals surface area contributed by atoms with Gasteiger partial charge in [-0.05, 0) is 49.2 Å². The molecule has 1 unspecified atom stereocenters. The number of imidazole rings is 1. The number of nitrogens with zero attached hydrogens (tertiary/aromatic N) is 5. The van der Waals surface area contributed by atoms with Gasteiger partial charge < -0.3 is 0 Å². The van der Waals surface area contributed by atoms with Crippen LogP contribution in [0, 0.1) is 19.7 Å². The molecule has 0 amide bonds. The van der Waals surface area contributed by atoms with Crippen molar-refractivity contribution in [3.63, 3.8) is 0 Å². The van der Waals surface area contributed by atoms with Gasteiger partial charge in [0.05, 0.1) is 17.9 Å². The molecule has 0 bridgehead atoms. The molecule has 3 heterocycles. The largest absolute Gasteiger partial charge is 0.226 e. The van der Waals surface area contributed by atoms with Crippen LogP contribution in [-0.2, 0) is 0 Å². The smallest absolute Gasteiger partial charge is 0.157 e. The lowest BCUT2D eigenvalue weighted by Crippen LogP contribution is -2.09. The predicted octanol–water partition coefficient (Wildman–Crippen LogP) is 4.87. The fourth-order valence-electron chi connectivity index (χ4n) is 2.97. The molecule has 2 aromatic heterocycles. The van der Waals surface area contributed by atoms with Crippen molar-refractivity contribution >= 4 is 17.2 Å². The first-order valence-electron chi connectivity index (χ1n) is 7.91. The molecule has 0 fully saturated rings. The maximum absolute atomic E-state index is 13.3. The lowest BCUT2D eigenvalue weighted by atomic mass is 9.99. The summed E-state index contributed by atoms with van der Waals surface area (Å²) in [4.78, 5) is 4.80. The second-order valence-corrected chi connectivity index (χ2v) is 6.37. The SMILES string of the molecule is Cc1c(Cl)nn2c(C3C=CN=NC3)c(-c3ccc(F)cc3)nc2c1C. The summed E-state index contributed by atoms with van der Waals surface area (Å²) in [5.41, 5.74) is 5.06. The monoisotopic (exact) mass is 355 g/mol. The maximum Gasteiger partial charge on any atom is 0.157 e. The van der Waals surface area contributed by atoms with E-state index < -0.39 is 0 Å². The van der Waals surface area contributed by atoms with Crippen LogP contribution in [0.4, 0.5) is 4.39 Å². The first-order valence-corrected chi connectivity index (χ1v) is 8.28. The van der Waals surface area contributed by atoms with Gasteiger partial charge in [0.25, 0.3) is 0 Å². The van der Waals surface area contributed by atoms with Crippen molar-refractivity contribution in [2.24, 2.45) is 10.2 Å². The van der Waals surface area contributed by atoms with Crippen LogP contribution in [0.2, 0.25) is 5.15 Å². The Labute approximate surface area is 148 Å². The van der Waals surface area contributed by atoms with Crippen molar-refractivity contribution in [1.29, 1.82) is 0 Å². The van der Waals surface area contributed by atoms with Gasteiger partial charge in [-0.3, -0.25) is 0 Å². The van der Waals surface area contributed by atoms with Crippen molar-refractivity contribution < 1.29 is 4.39 Å². The maximum atomic E-state index is 13.3. The van der Waals surface area contributed by atoms with E-state index in [9.17, 15) is 4.39 Å². The van der Waals surface area contributed by atoms with Crippen LogP contribution in [0.1, 0.15) is 22.7 Å². The van der Waals surface area contributed by atoms with Crippen LogP contribution >= 0.6 is 11.6 Å². The highest BCUT2D eigenvalue weighted by atomic mass is 35.5. The molecule has 0 saturated carbocycles. The molecule has 126 valence electrons. The fourth-order valence-corrected chi connectivity index (χ4v) is 3.19. The number of rotatable bonds is 2. The van der Waals surface area contributed by atoms with Crippen molar-refractivity contribution in [3.05, 3.63) is 64.3 Å². The van der Waals surface area contributed by atoms with Gasteiger partial charge in [0, 0.05) is 17.7 Å². The highest BCUT2D eigenvalue weighted by Crippen LogP contribution is 2.34. The lowest BCUT2D eigenvalue weighted by Gasteiger charge is -2.14. The molecule has 7 heteroatoms. The zero-order valence-corrected chi connectivity index (χ0v) is 14.5. The summed E-state index contributed by atoms with van der Waals surface area (Å²) in [5, 5.41) is 13.0. The van der Waals surface area contributed by atoms with Gasteiger partial charge in [0.2, 0.25) is 0 Å². The Morgan fingerprint density at radius 1 is 1.16 bits per heavy atom. The number of azo groups is 1. The summed E-state index contributed by atoms with van der Waals surface area (Å²) in [7, 11) is 0. The molecule has 1 atom stereocenters. The van der Waals surface area contributed by atoms with E-state index in [1.165, 1.54) is 12.1 Å². The topological polar surface area (TPSA) is 54.9 Å². The minimum atomic E-state index is -0.284. The van der Waals surface area contributed by atoms with Gasteiger partial charge in [0.1, 0.15) is 5.82 Å². The predicted molar refractivity (Wildman–Crippen MR) is 94.5 cm³/mol. The zero-order chi connectivity index (χ0) is 17.6. The third-order valence-corrected chi connectivity index (χ3v) is 4.86. The van der Waals surface area contributed by atoms with E-state index in [1.807, 2.05) is 19.9 Å². The van der Waals surface area contributed by atoms with Crippen LogP contribution in [0.5, 0.6) is 0 Å². The number of benzene rings is 1.